The second kappa shape index (κ2) is 9.97. The number of hydrogen-bond acceptors (Lipinski definition) is 4. The quantitative estimate of drug-likeness (QED) is 0.595. The standard InChI is InChI=1S/C28H38N4O3/c1-17(29-5)25(33)31-24(28(2,3)4)27(35)32-16-15-19-13-14-22(23(19)32)30-26(34)21-12-8-10-18-9-6-7-11-20(18)21/h6-12,17,19,22-24,29H,13-16H2,1-5H3,(H,30,34)(H,31,33)/t17-,19?,22?,23?,24?/m0/s1. The summed E-state index contributed by atoms with van der Waals surface area (Å²) in [6.45, 7) is 8.35. The molecule has 7 nitrogen and oxygen atoms in total. The van der Waals surface area contributed by atoms with Gasteiger partial charge < -0.3 is 20.9 Å². The minimum absolute atomic E-state index is 0.0510. The van der Waals surface area contributed by atoms with Gasteiger partial charge in [0.25, 0.3) is 5.91 Å². The summed E-state index contributed by atoms with van der Waals surface area (Å²) < 4.78 is 0. The minimum atomic E-state index is -0.639. The molecule has 2 aromatic carbocycles. The van der Waals surface area contributed by atoms with Crippen LogP contribution in [0.2, 0.25) is 0 Å². The lowest BCUT2D eigenvalue weighted by Crippen LogP contribution is -2.60. The van der Waals surface area contributed by atoms with E-state index in [1.54, 1.807) is 14.0 Å². The van der Waals surface area contributed by atoms with E-state index >= 15 is 0 Å². The highest BCUT2D eigenvalue weighted by atomic mass is 16.2. The molecule has 35 heavy (non-hydrogen) atoms. The molecule has 0 bridgehead atoms. The number of nitrogens with zero attached hydrogens (tertiary/aromatic N) is 1. The first-order valence-electron chi connectivity index (χ1n) is 12.7. The van der Waals surface area contributed by atoms with Gasteiger partial charge in [0.05, 0.1) is 12.1 Å². The molecule has 188 valence electrons. The van der Waals surface area contributed by atoms with Crippen molar-refractivity contribution in [2.75, 3.05) is 13.6 Å². The minimum Gasteiger partial charge on any atom is -0.347 e. The summed E-state index contributed by atoms with van der Waals surface area (Å²) in [5.41, 5.74) is 0.210. The molecule has 4 unspecified atom stereocenters. The maximum absolute atomic E-state index is 13.8. The average Bonchev–Trinajstić information content (AvgIpc) is 3.43. The lowest BCUT2D eigenvalue weighted by Gasteiger charge is -2.38. The largest absolute Gasteiger partial charge is 0.347 e. The molecular formula is C28H38N4O3. The van der Waals surface area contributed by atoms with Crippen molar-refractivity contribution in [3.05, 3.63) is 48.0 Å². The molecule has 1 aliphatic heterocycles. The van der Waals surface area contributed by atoms with Crippen LogP contribution in [-0.2, 0) is 9.59 Å². The number of rotatable bonds is 6. The van der Waals surface area contributed by atoms with E-state index < -0.39 is 17.5 Å². The Labute approximate surface area is 208 Å². The fourth-order valence-electron chi connectivity index (χ4n) is 5.60. The Morgan fingerprint density at radius 2 is 1.71 bits per heavy atom. The molecule has 1 aliphatic carbocycles. The van der Waals surface area contributed by atoms with Crippen LogP contribution >= 0.6 is 0 Å². The SMILES string of the molecule is CN[C@@H](C)C(=O)NC(C(=O)N1CCC2CCC(NC(=O)c3cccc4ccccc34)C21)C(C)(C)C. The highest BCUT2D eigenvalue weighted by Gasteiger charge is 2.49. The summed E-state index contributed by atoms with van der Waals surface area (Å²) >= 11 is 0. The van der Waals surface area contributed by atoms with Crippen molar-refractivity contribution in [2.24, 2.45) is 11.3 Å². The van der Waals surface area contributed by atoms with E-state index in [0.717, 1.165) is 30.0 Å². The molecule has 2 fully saturated rings. The Bertz CT molecular complexity index is 1100. The van der Waals surface area contributed by atoms with Gasteiger partial charge in [0.2, 0.25) is 11.8 Å². The molecule has 3 N–H and O–H groups in total. The van der Waals surface area contributed by atoms with E-state index in [0.29, 0.717) is 18.0 Å². The fraction of sp³-hybridized carbons (Fsp3) is 0.536. The Kier molecular flexibility index (Phi) is 7.17. The summed E-state index contributed by atoms with van der Waals surface area (Å²) in [5.74, 6) is 0.0105. The predicted octanol–water partition coefficient (Wildman–Crippen LogP) is 3.09. The average molecular weight is 479 g/mol. The van der Waals surface area contributed by atoms with Crippen LogP contribution in [0, 0.1) is 11.3 Å². The highest BCUT2D eigenvalue weighted by Crippen LogP contribution is 2.39. The van der Waals surface area contributed by atoms with E-state index in [-0.39, 0.29) is 29.8 Å². The zero-order valence-electron chi connectivity index (χ0n) is 21.4. The Balaban J connectivity index is 1.54. The molecule has 3 amide bonds. The number of amides is 3. The van der Waals surface area contributed by atoms with Crippen LogP contribution in [0.4, 0.5) is 0 Å². The predicted molar refractivity (Wildman–Crippen MR) is 138 cm³/mol. The van der Waals surface area contributed by atoms with Gasteiger partial charge in [0.1, 0.15) is 6.04 Å². The van der Waals surface area contributed by atoms with Crippen LogP contribution in [0.15, 0.2) is 42.5 Å². The molecule has 4 rings (SSSR count). The number of nitrogens with one attached hydrogen (secondary N) is 3. The second-order valence-electron chi connectivity index (χ2n) is 11.1. The molecule has 5 atom stereocenters. The normalized spacial score (nSPS) is 23.6. The topological polar surface area (TPSA) is 90.5 Å². The number of likely N-dealkylation sites (N-methyl/N-ethyl adjacent to an activating group) is 1. The fourth-order valence-corrected chi connectivity index (χ4v) is 5.60. The van der Waals surface area contributed by atoms with Gasteiger partial charge in [-0.05, 0) is 61.4 Å². The van der Waals surface area contributed by atoms with Crippen LogP contribution in [0.1, 0.15) is 57.3 Å². The molecule has 2 aromatic rings. The lowest BCUT2D eigenvalue weighted by molar-refractivity contribution is -0.141. The maximum Gasteiger partial charge on any atom is 0.252 e. The zero-order chi connectivity index (χ0) is 25.3. The molecule has 0 spiro atoms. The van der Waals surface area contributed by atoms with Gasteiger partial charge in [-0.15, -0.1) is 0 Å². The van der Waals surface area contributed by atoms with Crippen LogP contribution in [0.5, 0.6) is 0 Å². The smallest absolute Gasteiger partial charge is 0.252 e. The summed E-state index contributed by atoms with van der Waals surface area (Å²) in [5, 5.41) is 11.1. The van der Waals surface area contributed by atoms with E-state index in [1.165, 1.54) is 0 Å². The number of benzene rings is 2. The molecule has 2 aliphatic rings. The summed E-state index contributed by atoms with van der Waals surface area (Å²) in [4.78, 5) is 41.8. The van der Waals surface area contributed by atoms with Gasteiger partial charge in [-0.1, -0.05) is 57.2 Å². The van der Waals surface area contributed by atoms with E-state index in [9.17, 15) is 14.4 Å². The lowest BCUT2D eigenvalue weighted by atomic mass is 9.85. The first-order chi connectivity index (χ1) is 16.6. The number of hydrogen-bond donors (Lipinski definition) is 3. The Hall–Kier alpha value is -2.93. The van der Waals surface area contributed by atoms with Crippen molar-refractivity contribution in [3.8, 4) is 0 Å². The van der Waals surface area contributed by atoms with E-state index in [2.05, 4.69) is 16.0 Å². The van der Waals surface area contributed by atoms with E-state index in [1.807, 2.05) is 68.1 Å². The molecule has 1 saturated heterocycles. The first-order valence-corrected chi connectivity index (χ1v) is 12.7. The molecule has 0 aromatic heterocycles. The Morgan fingerprint density at radius 1 is 1.00 bits per heavy atom. The first kappa shape index (κ1) is 25.2. The van der Waals surface area contributed by atoms with Crippen molar-refractivity contribution >= 4 is 28.5 Å². The molecule has 0 radical (unpaired) electrons. The van der Waals surface area contributed by atoms with Crippen LogP contribution in [-0.4, -0.2) is 60.4 Å². The van der Waals surface area contributed by atoms with Crippen molar-refractivity contribution in [1.29, 1.82) is 0 Å². The van der Waals surface area contributed by atoms with Crippen LogP contribution < -0.4 is 16.0 Å². The third kappa shape index (κ3) is 5.06. The highest BCUT2D eigenvalue weighted by molar-refractivity contribution is 6.07. The Morgan fingerprint density at radius 3 is 2.43 bits per heavy atom. The maximum atomic E-state index is 13.8. The molecule has 1 heterocycles. The summed E-state index contributed by atoms with van der Waals surface area (Å²) in [6, 6.07) is 12.5. The van der Waals surface area contributed by atoms with Gasteiger partial charge >= 0.3 is 0 Å². The second-order valence-corrected chi connectivity index (χ2v) is 11.1. The zero-order valence-corrected chi connectivity index (χ0v) is 21.4. The number of carbonyl (C=O) groups is 3. The molecule has 7 heteroatoms. The number of carbonyl (C=O) groups excluding carboxylic acids is 3. The molecular weight excluding hydrogens is 440 g/mol. The third-order valence-corrected chi connectivity index (χ3v) is 7.70. The monoisotopic (exact) mass is 478 g/mol. The summed E-state index contributed by atoms with van der Waals surface area (Å²) in [6.07, 6.45) is 2.76. The van der Waals surface area contributed by atoms with Gasteiger partial charge in [0, 0.05) is 18.2 Å². The van der Waals surface area contributed by atoms with Crippen LogP contribution in [0.3, 0.4) is 0 Å². The van der Waals surface area contributed by atoms with Crippen molar-refractivity contribution in [2.45, 2.75) is 71.1 Å². The van der Waals surface area contributed by atoms with Crippen molar-refractivity contribution in [1.82, 2.24) is 20.9 Å². The van der Waals surface area contributed by atoms with Gasteiger partial charge in [-0.25, -0.2) is 0 Å². The van der Waals surface area contributed by atoms with Gasteiger partial charge in [-0.2, -0.15) is 0 Å². The van der Waals surface area contributed by atoms with Crippen LogP contribution in [0.25, 0.3) is 10.8 Å². The third-order valence-electron chi connectivity index (χ3n) is 7.70. The van der Waals surface area contributed by atoms with E-state index in [4.69, 9.17) is 0 Å². The summed E-state index contributed by atoms with van der Waals surface area (Å²) in [7, 11) is 1.73. The van der Waals surface area contributed by atoms with Crippen molar-refractivity contribution in [3.63, 3.8) is 0 Å². The number of fused-ring (bicyclic) bond motifs is 2. The van der Waals surface area contributed by atoms with Gasteiger partial charge in [0.15, 0.2) is 0 Å². The van der Waals surface area contributed by atoms with Crippen molar-refractivity contribution < 1.29 is 14.4 Å². The number of likely N-dealkylation sites (tertiary alicyclic amines) is 1. The van der Waals surface area contributed by atoms with Gasteiger partial charge in [-0.3, -0.25) is 14.4 Å². The molecule has 1 saturated carbocycles.